The molecule has 1 heterocycles. The number of anilines is 2. The number of esters is 1. The second kappa shape index (κ2) is 7.11. The van der Waals surface area contributed by atoms with Crippen molar-refractivity contribution in [2.75, 3.05) is 30.4 Å². The molecule has 1 fully saturated rings. The summed E-state index contributed by atoms with van der Waals surface area (Å²) in [6, 6.07) is 5.41. The lowest BCUT2D eigenvalue weighted by Gasteiger charge is -2.18. The molecule has 0 radical (unpaired) electrons. The van der Waals surface area contributed by atoms with Gasteiger partial charge in [-0.05, 0) is 31.0 Å². The summed E-state index contributed by atoms with van der Waals surface area (Å²) in [7, 11) is 1.36. The Morgan fingerprint density at radius 3 is 2.81 bits per heavy atom. The lowest BCUT2D eigenvalue weighted by molar-refractivity contribution is -0.117. The first-order valence-electron chi connectivity index (χ1n) is 7.43. The first-order chi connectivity index (χ1) is 10.2. The van der Waals surface area contributed by atoms with Crippen molar-refractivity contribution in [3.05, 3.63) is 23.8 Å². The summed E-state index contributed by atoms with van der Waals surface area (Å²) in [5.41, 5.74) is 2.08. The number of ether oxygens (including phenoxy) is 1. The average Bonchev–Trinajstić information content (AvgIpc) is 2.92. The lowest BCUT2D eigenvalue weighted by atomic mass is 10.1. The number of hydrogen-bond donors (Lipinski definition) is 1. The molecule has 1 aromatic rings. The molecule has 1 aliphatic rings. The number of benzene rings is 1. The first kappa shape index (κ1) is 15.4. The highest BCUT2D eigenvalue weighted by Gasteiger charge is 2.23. The SMILES string of the molecule is CCCCNc1cc(C(=O)OC)cc(N2CCCC2=O)c1. The average molecular weight is 290 g/mol. The van der Waals surface area contributed by atoms with Crippen LogP contribution < -0.4 is 10.2 Å². The second-order valence-corrected chi connectivity index (χ2v) is 5.19. The summed E-state index contributed by atoms with van der Waals surface area (Å²) in [6.45, 7) is 3.67. The second-order valence-electron chi connectivity index (χ2n) is 5.19. The highest BCUT2D eigenvalue weighted by molar-refractivity contribution is 5.98. The maximum Gasteiger partial charge on any atom is 0.337 e. The van der Waals surface area contributed by atoms with Gasteiger partial charge in [0.1, 0.15) is 0 Å². The molecule has 0 spiro atoms. The smallest absolute Gasteiger partial charge is 0.337 e. The maximum absolute atomic E-state index is 11.9. The molecule has 1 saturated heterocycles. The Balaban J connectivity index is 2.27. The first-order valence-corrected chi connectivity index (χ1v) is 7.43. The standard InChI is InChI=1S/C16H22N2O3/c1-3-4-7-17-13-9-12(16(20)21-2)10-14(11-13)18-8-5-6-15(18)19/h9-11,17H,3-8H2,1-2H3. The number of nitrogens with one attached hydrogen (secondary N) is 1. The summed E-state index contributed by atoms with van der Waals surface area (Å²) in [5, 5.41) is 3.30. The Kier molecular flexibility index (Phi) is 5.20. The van der Waals surface area contributed by atoms with Crippen molar-refractivity contribution in [2.45, 2.75) is 32.6 Å². The Labute approximate surface area is 125 Å². The minimum Gasteiger partial charge on any atom is -0.465 e. The van der Waals surface area contributed by atoms with E-state index in [4.69, 9.17) is 4.74 Å². The molecule has 0 aliphatic carbocycles. The fourth-order valence-corrected chi connectivity index (χ4v) is 2.44. The van der Waals surface area contributed by atoms with Crippen molar-refractivity contribution in [3.63, 3.8) is 0 Å². The van der Waals surface area contributed by atoms with Gasteiger partial charge in [0.25, 0.3) is 0 Å². The van der Waals surface area contributed by atoms with Crippen molar-refractivity contribution < 1.29 is 14.3 Å². The summed E-state index contributed by atoms with van der Waals surface area (Å²) < 4.78 is 4.79. The number of amides is 1. The van der Waals surface area contributed by atoms with Gasteiger partial charge in [-0.15, -0.1) is 0 Å². The zero-order valence-corrected chi connectivity index (χ0v) is 12.6. The normalized spacial score (nSPS) is 14.4. The number of rotatable bonds is 6. The number of unbranched alkanes of at least 4 members (excludes halogenated alkanes) is 1. The van der Waals surface area contributed by atoms with Gasteiger partial charge in [0.15, 0.2) is 0 Å². The van der Waals surface area contributed by atoms with Crippen LogP contribution in [0.25, 0.3) is 0 Å². The predicted octanol–water partition coefficient (Wildman–Crippen LogP) is 2.81. The highest BCUT2D eigenvalue weighted by atomic mass is 16.5. The third kappa shape index (κ3) is 3.74. The molecule has 114 valence electrons. The summed E-state index contributed by atoms with van der Waals surface area (Å²) in [6.07, 6.45) is 3.59. The van der Waals surface area contributed by atoms with E-state index in [1.807, 2.05) is 6.07 Å². The minimum atomic E-state index is -0.387. The third-order valence-electron chi connectivity index (χ3n) is 3.58. The van der Waals surface area contributed by atoms with E-state index in [1.165, 1.54) is 7.11 Å². The van der Waals surface area contributed by atoms with Gasteiger partial charge in [-0.3, -0.25) is 4.79 Å². The van der Waals surface area contributed by atoms with Crippen LogP contribution in [-0.4, -0.2) is 32.1 Å². The number of methoxy groups -OCH3 is 1. The number of carbonyl (C=O) groups excluding carboxylic acids is 2. The Hall–Kier alpha value is -2.04. The van der Waals surface area contributed by atoms with Crippen LogP contribution in [0.3, 0.4) is 0 Å². The van der Waals surface area contributed by atoms with E-state index >= 15 is 0 Å². The fraction of sp³-hybridized carbons (Fsp3) is 0.500. The molecule has 0 bridgehead atoms. The van der Waals surface area contributed by atoms with Crippen LogP contribution in [0.1, 0.15) is 43.0 Å². The van der Waals surface area contributed by atoms with Crippen LogP contribution in [0.2, 0.25) is 0 Å². The van der Waals surface area contributed by atoms with E-state index < -0.39 is 0 Å². The van der Waals surface area contributed by atoms with Gasteiger partial charge < -0.3 is 15.0 Å². The van der Waals surface area contributed by atoms with Crippen LogP contribution in [0, 0.1) is 0 Å². The van der Waals surface area contributed by atoms with Crippen LogP contribution in [-0.2, 0) is 9.53 Å². The monoisotopic (exact) mass is 290 g/mol. The van der Waals surface area contributed by atoms with Gasteiger partial charge in [0.2, 0.25) is 5.91 Å². The van der Waals surface area contributed by atoms with Gasteiger partial charge in [0.05, 0.1) is 12.7 Å². The molecule has 0 saturated carbocycles. The predicted molar refractivity (Wildman–Crippen MR) is 82.8 cm³/mol. The molecule has 5 nitrogen and oxygen atoms in total. The largest absolute Gasteiger partial charge is 0.465 e. The van der Waals surface area contributed by atoms with Gasteiger partial charge >= 0.3 is 5.97 Å². The Bertz CT molecular complexity index is 528. The number of nitrogens with zero attached hydrogens (tertiary/aromatic N) is 1. The molecule has 1 N–H and O–H groups in total. The molecule has 1 amide bonds. The molecule has 2 rings (SSSR count). The van der Waals surface area contributed by atoms with Crippen molar-refractivity contribution in [1.82, 2.24) is 0 Å². The van der Waals surface area contributed by atoms with E-state index in [2.05, 4.69) is 12.2 Å². The van der Waals surface area contributed by atoms with E-state index in [0.717, 1.165) is 37.2 Å². The van der Waals surface area contributed by atoms with Gasteiger partial charge in [-0.25, -0.2) is 4.79 Å². The van der Waals surface area contributed by atoms with E-state index in [1.54, 1.807) is 17.0 Å². The summed E-state index contributed by atoms with van der Waals surface area (Å²) in [4.78, 5) is 25.4. The molecule has 0 aromatic heterocycles. The van der Waals surface area contributed by atoms with E-state index in [9.17, 15) is 9.59 Å². The van der Waals surface area contributed by atoms with Gasteiger partial charge in [-0.1, -0.05) is 13.3 Å². The zero-order valence-electron chi connectivity index (χ0n) is 12.6. The Morgan fingerprint density at radius 1 is 1.38 bits per heavy atom. The topological polar surface area (TPSA) is 58.6 Å². The van der Waals surface area contributed by atoms with Crippen molar-refractivity contribution in [1.29, 1.82) is 0 Å². The number of carbonyl (C=O) groups is 2. The summed E-state index contributed by atoms with van der Waals surface area (Å²) in [5.74, 6) is -0.279. The Morgan fingerprint density at radius 2 is 2.19 bits per heavy atom. The molecule has 0 unspecified atom stereocenters. The third-order valence-corrected chi connectivity index (χ3v) is 3.58. The molecule has 1 aromatic carbocycles. The molecular formula is C16H22N2O3. The van der Waals surface area contributed by atoms with Crippen LogP contribution in [0.4, 0.5) is 11.4 Å². The van der Waals surface area contributed by atoms with E-state index in [-0.39, 0.29) is 11.9 Å². The summed E-state index contributed by atoms with van der Waals surface area (Å²) >= 11 is 0. The highest BCUT2D eigenvalue weighted by Crippen LogP contribution is 2.27. The van der Waals surface area contributed by atoms with Crippen LogP contribution >= 0.6 is 0 Å². The van der Waals surface area contributed by atoms with Crippen molar-refractivity contribution >= 4 is 23.3 Å². The number of hydrogen-bond acceptors (Lipinski definition) is 4. The van der Waals surface area contributed by atoms with Gasteiger partial charge in [-0.2, -0.15) is 0 Å². The molecule has 0 atom stereocenters. The van der Waals surface area contributed by atoms with Crippen molar-refractivity contribution in [3.8, 4) is 0 Å². The minimum absolute atomic E-state index is 0.108. The van der Waals surface area contributed by atoms with Gasteiger partial charge in [0, 0.05) is 30.9 Å². The molecular weight excluding hydrogens is 268 g/mol. The van der Waals surface area contributed by atoms with Crippen molar-refractivity contribution in [2.24, 2.45) is 0 Å². The molecule has 21 heavy (non-hydrogen) atoms. The fourth-order valence-electron chi connectivity index (χ4n) is 2.44. The lowest BCUT2D eigenvalue weighted by Crippen LogP contribution is -2.24. The van der Waals surface area contributed by atoms with Crippen LogP contribution in [0.5, 0.6) is 0 Å². The van der Waals surface area contributed by atoms with E-state index in [0.29, 0.717) is 18.5 Å². The molecule has 1 aliphatic heterocycles. The zero-order chi connectivity index (χ0) is 15.2. The molecule has 5 heteroatoms. The quantitative estimate of drug-likeness (QED) is 0.646. The van der Waals surface area contributed by atoms with Crippen LogP contribution in [0.15, 0.2) is 18.2 Å². The maximum atomic E-state index is 11.9.